The van der Waals surface area contributed by atoms with Crippen LogP contribution in [0.15, 0.2) is 23.2 Å². The van der Waals surface area contributed by atoms with Crippen molar-refractivity contribution in [3.8, 4) is 11.5 Å². The number of phenols is 1. The van der Waals surface area contributed by atoms with Crippen LogP contribution in [0, 0.1) is 5.92 Å². The lowest BCUT2D eigenvalue weighted by molar-refractivity contribution is 0.164. The summed E-state index contributed by atoms with van der Waals surface area (Å²) < 4.78 is 5.17. The predicted octanol–water partition coefficient (Wildman–Crippen LogP) is 2.18. The van der Waals surface area contributed by atoms with Crippen molar-refractivity contribution in [2.45, 2.75) is 27.2 Å². The minimum absolute atomic E-state index is 0.173. The van der Waals surface area contributed by atoms with Crippen molar-refractivity contribution < 1.29 is 9.84 Å². The number of benzene rings is 1. The quantitative estimate of drug-likeness (QED) is 0.575. The van der Waals surface area contributed by atoms with Gasteiger partial charge in [-0.3, -0.25) is 9.89 Å². The number of rotatable bonds is 7. The SMILES string of the molecule is CCNC(=NCCc1ccc(O)c(OC)c1)N1CCN(CC(C)C)CC1. The Morgan fingerprint density at radius 1 is 1.27 bits per heavy atom. The fraction of sp³-hybridized carbons (Fsp3) is 0.650. The molecule has 6 nitrogen and oxygen atoms in total. The molecule has 146 valence electrons. The van der Waals surface area contributed by atoms with E-state index in [1.165, 1.54) is 6.54 Å². The van der Waals surface area contributed by atoms with E-state index in [-0.39, 0.29) is 5.75 Å². The predicted molar refractivity (Wildman–Crippen MR) is 107 cm³/mol. The Morgan fingerprint density at radius 3 is 2.62 bits per heavy atom. The molecule has 1 heterocycles. The maximum Gasteiger partial charge on any atom is 0.194 e. The second-order valence-electron chi connectivity index (χ2n) is 7.17. The largest absolute Gasteiger partial charge is 0.504 e. The topological polar surface area (TPSA) is 60.3 Å². The maximum absolute atomic E-state index is 9.69. The zero-order valence-corrected chi connectivity index (χ0v) is 16.7. The van der Waals surface area contributed by atoms with Gasteiger partial charge in [0.15, 0.2) is 17.5 Å². The van der Waals surface area contributed by atoms with Gasteiger partial charge >= 0.3 is 0 Å². The minimum Gasteiger partial charge on any atom is -0.504 e. The van der Waals surface area contributed by atoms with Gasteiger partial charge in [-0.25, -0.2) is 0 Å². The van der Waals surface area contributed by atoms with E-state index < -0.39 is 0 Å². The number of nitrogens with one attached hydrogen (secondary N) is 1. The third kappa shape index (κ3) is 6.09. The Labute approximate surface area is 157 Å². The molecule has 1 aromatic carbocycles. The summed E-state index contributed by atoms with van der Waals surface area (Å²) in [4.78, 5) is 9.70. The lowest BCUT2D eigenvalue weighted by atomic mass is 10.1. The van der Waals surface area contributed by atoms with E-state index in [9.17, 15) is 5.11 Å². The van der Waals surface area contributed by atoms with Crippen molar-refractivity contribution in [3.63, 3.8) is 0 Å². The van der Waals surface area contributed by atoms with Crippen LogP contribution in [0.3, 0.4) is 0 Å². The van der Waals surface area contributed by atoms with Gasteiger partial charge in [-0.15, -0.1) is 0 Å². The molecule has 6 heteroatoms. The summed E-state index contributed by atoms with van der Waals surface area (Å²) in [5, 5.41) is 13.1. The molecule has 1 aliphatic rings. The lowest BCUT2D eigenvalue weighted by Gasteiger charge is -2.37. The third-order valence-corrected chi connectivity index (χ3v) is 4.54. The van der Waals surface area contributed by atoms with Gasteiger partial charge in [0, 0.05) is 45.8 Å². The number of phenolic OH excluding ortho intramolecular Hbond substituents is 1. The third-order valence-electron chi connectivity index (χ3n) is 4.54. The van der Waals surface area contributed by atoms with Gasteiger partial charge in [-0.05, 0) is 37.0 Å². The molecule has 1 saturated heterocycles. The van der Waals surface area contributed by atoms with Crippen molar-refractivity contribution >= 4 is 5.96 Å². The number of nitrogens with zero attached hydrogens (tertiary/aromatic N) is 3. The minimum atomic E-state index is 0.173. The molecule has 0 spiro atoms. The number of methoxy groups -OCH3 is 1. The number of aliphatic imine (C=N–C) groups is 1. The second-order valence-corrected chi connectivity index (χ2v) is 7.17. The molecule has 0 aromatic heterocycles. The fourth-order valence-corrected chi connectivity index (χ4v) is 3.25. The van der Waals surface area contributed by atoms with Crippen molar-refractivity contribution in [1.82, 2.24) is 15.1 Å². The molecule has 1 aliphatic heterocycles. The van der Waals surface area contributed by atoms with E-state index in [4.69, 9.17) is 9.73 Å². The van der Waals surface area contributed by atoms with Gasteiger partial charge in [0.1, 0.15) is 0 Å². The Kier molecular flexibility index (Phi) is 8.04. The van der Waals surface area contributed by atoms with Gasteiger partial charge < -0.3 is 20.1 Å². The van der Waals surface area contributed by atoms with Crippen LogP contribution in [0.25, 0.3) is 0 Å². The van der Waals surface area contributed by atoms with Crippen LogP contribution in [0.1, 0.15) is 26.3 Å². The molecule has 0 atom stereocenters. The molecule has 0 bridgehead atoms. The molecule has 0 radical (unpaired) electrons. The molecule has 1 fully saturated rings. The van der Waals surface area contributed by atoms with Gasteiger partial charge in [-0.2, -0.15) is 0 Å². The van der Waals surface area contributed by atoms with Crippen LogP contribution in [0.2, 0.25) is 0 Å². The number of ether oxygens (including phenoxy) is 1. The molecule has 1 aromatic rings. The first kappa shape index (κ1) is 20.4. The van der Waals surface area contributed by atoms with Crippen LogP contribution < -0.4 is 10.1 Å². The first-order chi connectivity index (χ1) is 12.5. The van der Waals surface area contributed by atoms with Crippen molar-refractivity contribution in [2.75, 3.05) is 52.9 Å². The molecular weight excluding hydrogens is 328 g/mol. The second kappa shape index (κ2) is 10.3. The maximum atomic E-state index is 9.69. The highest BCUT2D eigenvalue weighted by molar-refractivity contribution is 5.80. The molecule has 26 heavy (non-hydrogen) atoms. The number of piperazine rings is 1. The highest BCUT2D eigenvalue weighted by Crippen LogP contribution is 2.26. The first-order valence-electron chi connectivity index (χ1n) is 9.65. The first-order valence-corrected chi connectivity index (χ1v) is 9.65. The number of hydrogen-bond acceptors (Lipinski definition) is 4. The Hall–Kier alpha value is -1.95. The van der Waals surface area contributed by atoms with E-state index in [1.54, 1.807) is 13.2 Å². The van der Waals surface area contributed by atoms with E-state index in [2.05, 4.69) is 35.9 Å². The number of aromatic hydroxyl groups is 1. The summed E-state index contributed by atoms with van der Waals surface area (Å²) in [6, 6.07) is 5.48. The number of guanidine groups is 1. The summed E-state index contributed by atoms with van der Waals surface area (Å²) in [7, 11) is 1.57. The normalized spacial score (nSPS) is 16.2. The van der Waals surface area contributed by atoms with Gasteiger partial charge in [0.25, 0.3) is 0 Å². The van der Waals surface area contributed by atoms with Gasteiger partial charge in [0.05, 0.1) is 7.11 Å². The summed E-state index contributed by atoms with van der Waals surface area (Å²) in [5.41, 5.74) is 1.11. The summed E-state index contributed by atoms with van der Waals surface area (Å²) in [6.45, 7) is 13.6. The Balaban J connectivity index is 1.90. The van der Waals surface area contributed by atoms with Crippen molar-refractivity contribution in [1.29, 1.82) is 0 Å². The average Bonchev–Trinajstić information content (AvgIpc) is 2.62. The van der Waals surface area contributed by atoms with E-state index in [1.807, 2.05) is 12.1 Å². The molecule has 0 saturated carbocycles. The molecular formula is C20H34N4O2. The Bertz CT molecular complexity index is 581. The Morgan fingerprint density at radius 2 is 2.00 bits per heavy atom. The summed E-state index contributed by atoms with van der Waals surface area (Å²) >= 11 is 0. The van der Waals surface area contributed by atoms with Gasteiger partial charge in [0.2, 0.25) is 0 Å². The van der Waals surface area contributed by atoms with E-state index in [0.717, 1.165) is 50.7 Å². The average molecular weight is 363 g/mol. The zero-order valence-electron chi connectivity index (χ0n) is 16.7. The molecule has 0 amide bonds. The summed E-state index contributed by atoms with van der Waals surface area (Å²) in [5.74, 6) is 2.40. The lowest BCUT2D eigenvalue weighted by Crippen LogP contribution is -2.53. The van der Waals surface area contributed by atoms with Crippen LogP contribution >= 0.6 is 0 Å². The summed E-state index contributed by atoms with van der Waals surface area (Å²) in [6.07, 6.45) is 0.818. The highest BCUT2D eigenvalue weighted by Gasteiger charge is 2.19. The van der Waals surface area contributed by atoms with E-state index >= 15 is 0 Å². The van der Waals surface area contributed by atoms with Crippen LogP contribution in [0.4, 0.5) is 0 Å². The molecule has 2 N–H and O–H groups in total. The molecule has 2 rings (SSSR count). The number of hydrogen-bond donors (Lipinski definition) is 2. The van der Waals surface area contributed by atoms with Crippen molar-refractivity contribution in [2.24, 2.45) is 10.9 Å². The standard InChI is InChI=1S/C20H34N4O2/c1-5-21-20(24-12-10-23(11-13-24)15-16(2)3)22-9-8-17-6-7-18(25)19(14-17)26-4/h6-7,14,16,25H,5,8-13,15H2,1-4H3,(H,21,22). The van der Waals surface area contributed by atoms with Crippen molar-refractivity contribution in [3.05, 3.63) is 23.8 Å². The highest BCUT2D eigenvalue weighted by atomic mass is 16.5. The molecule has 0 unspecified atom stereocenters. The smallest absolute Gasteiger partial charge is 0.194 e. The van der Waals surface area contributed by atoms with E-state index in [0.29, 0.717) is 18.2 Å². The monoisotopic (exact) mass is 362 g/mol. The zero-order chi connectivity index (χ0) is 18.9. The van der Waals surface area contributed by atoms with Gasteiger partial charge in [-0.1, -0.05) is 19.9 Å². The van der Waals surface area contributed by atoms with Crippen LogP contribution in [0.5, 0.6) is 11.5 Å². The molecule has 0 aliphatic carbocycles. The fourth-order valence-electron chi connectivity index (χ4n) is 3.25. The van der Waals surface area contributed by atoms with Crippen LogP contribution in [-0.4, -0.2) is 73.8 Å². The van der Waals surface area contributed by atoms with Crippen LogP contribution in [-0.2, 0) is 6.42 Å².